The summed E-state index contributed by atoms with van der Waals surface area (Å²) >= 11 is 0. The van der Waals surface area contributed by atoms with Crippen molar-refractivity contribution in [3.63, 3.8) is 0 Å². The van der Waals surface area contributed by atoms with Crippen LogP contribution in [0.5, 0.6) is 0 Å². The van der Waals surface area contributed by atoms with Gasteiger partial charge < -0.3 is 10.1 Å². The van der Waals surface area contributed by atoms with Crippen LogP contribution < -0.4 is 5.32 Å². The number of hydrogen-bond donors (Lipinski definition) is 1. The minimum absolute atomic E-state index is 0.757. The number of nitrogens with one attached hydrogen (secondary N) is 1. The molecule has 84 valence electrons. The van der Waals surface area contributed by atoms with E-state index in [0.717, 1.165) is 32.2 Å². The lowest BCUT2D eigenvalue weighted by atomic mass is 10.4. The summed E-state index contributed by atoms with van der Waals surface area (Å²) in [6.07, 6.45) is 5.56. The van der Waals surface area contributed by atoms with E-state index in [-0.39, 0.29) is 0 Å². The van der Waals surface area contributed by atoms with E-state index in [4.69, 9.17) is 4.74 Å². The number of ether oxygens (including phenoxy) is 1. The molecular formula is C11H19N3O. The second-order valence-electron chi connectivity index (χ2n) is 4.05. The molecule has 0 amide bonds. The van der Waals surface area contributed by atoms with Crippen molar-refractivity contribution in [2.24, 2.45) is 0 Å². The van der Waals surface area contributed by atoms with E-state index < -0.39 is 0 Å². The molecule has 0 saturated heterocycles. The van der Waals surface area contributed by atoms with Crippen LogP contribution in [0.4, 0.5) is 0 Å². The van der Waals surface area contributed by atoms with Crippen molar-refractivity contribution in [3.8, 4) is 0 Å². The molecular weight excluding hydrogens is 190 g/mol. The van der Waals surface area contributed by atoms with Crippen LogP contribution in [0.1, 0.15) is 25.0 Å². The lowest BCUT2D eigenvalue weighted by molar-refractivity contribution is 0.188. The van der Waals surface area contributed by atoms with Crippen LogP contribution in [0.3, 0.4) is 0 Å². The molecule has 1 aromatic rings. The van der Waals surface area contributed by atoms with Gasteiger partial charge in [0.2, 0.25) is 0 Å². The average Bonchev–Trinajstić information content (AvgIpc) is 2.97. The highest BCUT2D eigenvalue weighted by Crippen LogP contribution is 2.19. The average molecular weight is 209 g/mol. The van der Waals surface area contributed by atoms with Crippen LogP contribution in [0, 0.1) is 0 Å². The highest BCUT2D eigenvalue weighted by atomic mass is 16.5. The summed E-state index contributed by atoms with van der Waals surface area (Å²) in [6, 6.07) is 2.84. The van der Waals surface area contributed by atoms with E-state index in [1.54, 1.807) is 7.11 Å². The van der Waals surface area contributed by atoms with E-state index in [1.165, 1.54) is 18.5 Å². The third-order valence-electron chi connectivity index (χ3n) is 2.67. The molecule has 15 heavy (non-hydrogen) atoms. The van der Waals surface area contributed by atoms with Gasteiger partial charge in [0.1, 0.15) is 0 Å². The first-order valence-corrected chi connectivity index (χ1v) is 5.63. The summed E-state index contributed by atoms with van der Waals surface area (Å²) in [5.74, 6) is 0. The molecule has 1 aliphatic carbocycles. The minimum atomic E-state index is 0.757. The molecule has 1 N–H and O–H groups in total. The molecule has 0 atom stereocenters. The second-order valence-corrected chi connectivity index (χ2v) is 4.05. The molecule has 4 nitrogen and oxygen atoms in total. The van der Waals surface area contributed by atoms with Crippen molar-refractivity contribution >= 4 is 0 Å². The zero-order valence-electron chi connectivity index (χ0n) is 9.28. The summed E-state index contributed by atoms with van der Waals surface area (Å²) in [6.45, 7) is 2.69. The first-order valence-electron chi connectivity index (χ1n) is 5.63. The van der Waals surface area contributed by atoms with Crippen molar-refractivity contribution in [2.45, 2.75) is 38.4 Å². The fraction of sp³-hybridized carbons (Fsp3) is 0.727. The van der Waals surface area contributed by atoms with E-state index in [0.29, 0.717) is 0 Å². The number of methoxy groups -OCH3 is 1. The van der Waals surface area contributed by atoms with Crippen LogP contribution in [-0.4, -0.2) is 29.5 Å². The second kappa shape index (κ2) is 5.28. The summed E-state index contributed by atoms with van der Waals surface area (Å²) in [5, 5.41) is 7.81. The molecule has 2 rings (SSSR count). The maximum atomic E-state index is 5.03. The summed E-state index contributed by atoms with van der Waals surface area (Å²) < 4.78 is 7.10. The predicted octanol–water partition coefficient (Wildman–Crippen LogP) is 1.17. The molecule has 1 heterocycles. The van der Waals surface area contributed by atoms with Gasteiger partial charge in [0.15, 0.2) is 0 Å². The van der Waals surface area contributed by atoms with Crippen LogP contribution in [0.15, 0.2) is 12.3 Å². The molecule has 0 bridgehead atoms. The third-order valence-corrected chi connectivity index (χ3v) is 2.67. The Morgan fingerprint density at radius 3 is 3.20 bits per heavy atom. The van der Waals surface area contributed by atoms with Crippen molar-refractivity contribution in [1.29, 1.82) is 0 Å². The Morgan fingerprint density at radius 1 is 1.60 bits per heavy atom. The Bertz CT molecular complexity index is 294. The highest BCUT2D eigenvalue weighted by Gasteiger charge is 2.20. The molecule has 0 radical (unpaired) electrons. The van der Waals surface area contributed by atoms with Crippen molar-refractivity contribution in [2.75, 3.05) is 13.7 Å². The Balaban J connectivity index is 1.78. The van der Waals surface area contributed by atoms with Gasteiger partial charge in [-0.2, -0.15) is 5.10 Å². The van der Waals surface area contributed by atoms with Gasteiger partial charge >= 0.3 is 0 Å². The molecule has 1 saturated carbocycles. The number of nitrogens with zero attached hydrogens (tertiary/aromatic N) is 2. The van der Waals surface area contributed by atoms with Gasteiger partial charge in [-0.15, -0.1) is 0 Å². The first kappa shape index (κ1) is 10.6. The van der Waals surface area contributed by atoms with Gasteiger partial charge in [0.25, 0.3) is 0 Å². The number of aryl methyl sites for hydroxylation is 1. The summed E-state index contributed by atoms with van der Waals surface area (Å²) in [4.78, 5) is 0. The van der Waals surface area contributed by atoms with Gasteiger partial charge in [0.05, 0.1) is 5.69 Å². The lowest BCUT2D eigenvalue weighted by Gasteiger charge is -2.07. The van der Waals surface area contributed by atoms with E-state index in [2.05, 4.69) is 21.2 Å². The van der Waals surface area contributed by atoms with Gasteiger partial charge in [0, 0.05) is 39.0 Å². The van der Waals surface area contributed by atoms with Crippen molar-refractivity contribution in [3.05, 3.63) is 18.0 Å². The Labute approximate surface area is 90.6 Å². The highest BCUT2D eigenvalue weighted by molar-refractivity contribution is 5.01. The maximum Gasteiger partial charge on any atom is 0.0522 e. The first-order chi connectivity index (χ1) is 7.40. The Hall–Kier alpha value is -0.870. The van der Waals surface area contributed by atoms with Gasteiger partial charge in [-0.25, -0.2) is 0 Å². The molecule has 0 aromatic carbocycles. The Kier molecular flexibility index (Phi) is 3.75. The SMILES string of the molecule is COCCCn1nccc1CNC1CC1. The monoisotopic (exact) mass is 209 g/mol. The maximum absolute atomic E-state index is 5.03. The van der Waals surface area contributed by atoms with Gasteiger partial charge in [-0.3, -0.25) is 4.68 Å². The van der Waals surface area contributed by atoms with Gasteiger partial charge in [-0.1, -0.05) is 0 Å². The predicted molar refractivity (Wildman–Crippen MR) is 58.6 cm³/mol. The molecule has 0 unspecified atom stereocenters. The quantitative estimate of drug-likeness (QED) is 0.685. The summed E-state index contributed by atoms with van der Waals surface area (Å²) in [7, 11) is 1.73. The fourth-order valence-corrected chi connectivity index (χ4v) is 1.61. The van der Waals surface area contributed by atoms with Crippen LogP contribution >= 0.6 is 0 Å². The molecule has 1 aromatic heterocycles. The van der Waals surface area contributed by atoms with Crippen LogP contribution in [0.2, 0.25) is 0 Å². The Morgan fingerprint density at radius 2 is 2.47 bits per heavy atom. The zero-order chi connectivity index (χ0) is 10.5. The molecule has 4 heteroatoms. The molecule has 0 spiro atoms. The van der Waals surface area contributed by atoms with Crippen LogP contribution in [0.25, 0.3) is 0 Å². The standard InChI is InChI=1S/C11H19N3O/c1-15-8-2-7-14-11(5-6-13-14)9-12-10-3-4-10/h5-6,10,12H,2-4,7-9H2,1H3. The zero-order valence-corrected chi connectivity index (χ0v) is 9.28. The molecule has 1 fully saturated rings. The molecule has 0 aliphatic heterocycles. The van der Waals surface area contributed by atoms with E-state index in [1.807, 2.05) is 6.20 Å². The minimum Gasteiger partial charge on any atom is -0.385 e. The van der Waals surface area contributed by atoms with E-state index >= 15 is 0 Å². The topological polar surface area (TPSA) is 39.1 Å². The fourth-order valence-electron chi connectivity index (χ4n) is 1.61. The number of hydrogen-bond acceptors (Lipinski definition) is 3. The lowest BCUT2D eigenvalue weighted by Crippen LogP contribution is -2.19. The van der Waals surface area contributed by atoms with Crippen molar-refractivity contribution < 1.29 is 4.74 Å². The van der Waals surface area contributed by atoms with Crippen LogP contribution in [-0.2, 0) is 17.8 Å². The number of rotatable bonds is 7. The smallest absolute Gasteiger partial charge is 0.0522 e. The molecule has 1 aliphatic rings. The van der Waals surface area contributed by atoms with Gasteiger partial charge in [-0.05, 0) is 25.3 Å². The van der Waals surface area contributed by atoms with Crippen molar-refractivity contribution in [1.82, 2.24) is 15.1 Å². The summed E-state index contributed by atoms with van der Waals surface area (Å²) in [5.41, 5.74) is 1.28. The van der Waals surface area contributed by atoms with E-state index in [9.17, 15) is 0 Å². The third kappa shape index (κ3) is 3.32. The normalized spacial score (nSPS) is 15.8. The largest absolute Gasteiger partial charge is 0.385 e. The number of aromatic nitrogens is 2.